The third-order valence-electron chi connectivity index (χ3n) is 5.12. The Labute approximate surface area is 172 Å². The van der Waals surface area contributed by atoms with Crippen molar-refractivity contribution in [3.8, 4) is 11.3 Å². The van der Waals surface area contributed by atoms with Crippen molar-refractivity contribution in [3.63, 3.8) is 0 Å². The molecule has 1 fully saturated rings. The lowest BCUT2D eigenvalue weighted by Gasteiger charge is -2.25. The molecule has 5 rings (SSSR count). The molecule has 8 heteroatoms. The van der Waals surface area contributed by atoms with Crippen molar-refractivity contribution >= 4 is 33.2 Å². The monoisotopic (exact) mass is 407 g/mol. The Bertz CT molecular complexity index is 1140. The second-order valence-electron chi connectivity index (χ2n) is 7.23. The van der Waals surface area contributed by atoms with E-state index in [1.165, 1.54) is 31.1 Å². The molecular formula is C21H21N5O2S. The number of rotatable bonds is 4. The minimum atomic E-state index is -0.322. The molecule has 0 bridgehead atoms. The largest absolute Gasteiger partial charge is 0.459 e. The van der Waals surface area contributed by atoms with Gasteiger partial charge < -0.3 is 14.6 Å². The van der Waals surface area contributed by atoms with Gasteiger partial charge >= 0.3 is 0 Å². The maximum atomic E-state index is 12.7. The van der Waals surface area contributed by atoms with Crippen LogP contribution in [0, 0.1) is 6.92 Å². The number of piperidine rings is 1. The number of hydrogen-bond acceptors (Lipinski definition) is 6. The number of benzene rings is 1. The number of aromatic nitrogens is 3. The summed E-state index contributed by atoms with van der Waals surface area (Å²) in [5, 5.41) is 8.69. The molecule has 4 heterocycles. The molecule has 0 unspecified atom stereocenters. The van der Waals surface area contributed by atoms with E-state index in [2.05, 4.69) is 10.2 Å². The van der Waals surface area contributed by atoms with E-state index in [0.717, 1.165) is 28.7 Å². The first-order chi connectivity index (χ1) is 14.2. The third-order valence-corrected chi connectivity index (χ3v) is 6.09. The molecule has 3 aromatic heterocycles. The number of carbonyl (C=O) groups is 1. The van der Waals surface area contributed by atoms with Gasteiger partial charge in [0.25, 0.3) is 5.91 Å². The summed E-state index contributed by atoms with van der Waals surface area (Å²) in [6.07, 6.45) is 5.11. The minimum absolute atomic E-state index is 0.251. The Morgan fingerprint density at radius 2 is 1.93 bits per heavy atom. The van der Waals surface area contributed by atoms with Gasteiger partial charge in [-0.25, -0.2) is 4.98 Å². The fourth-order valence-corrected chi connectivity index (χ4v) is 4.51. The second kappa shape index (κ2) is 7.36. The molecule has 0 spiro atoms. The number of anilines is 2. The number of nitrogens with zero attached hydrogens (tertiary/aromatic N) is 4. The number of fused-ring (bicyclic) bond motifs is 1. The Hall–Kier alpha value is -3.13. The number of aryl methyl sites for hydroxylation is 1. The standard InChI is InChI=1S/C21H21N5O2S/c1-14-7-9-15(10-8-14)17-18(23-19(27)16-6-5-13-28-16)26-20(22-17)29-21(24-26)25-11-3-2-4-12-25/h5-10,13H,2-4,11-12H2,1H3,(H,23,27). The van der Waals surface area contributed by atoms with Gasteiger partial charge in [-0.3, -0.25) is 4.79 Å². The predicted molar refractivity (Wildman–Crippen MR) is 114 cm³/mol. The SMILES string of the molecule is Cc1ccc(-c2nc3sc(N4CCCCC4)nn3c2NC(=O)c2ccco2)cc1. The summed E-state index contributed by atoms with van der Waals surface area (Å²) in [5.41, 5.74) is 2.80. The average Bonchev–Trinajstić information content (AvgIpc) is 3.47. The lowest BCUT2D eigenvalue weighted by Crippen LogP contribution is -2.29. The Balaban J connectivity index is 1.58. The molecule has 148 valence electrons. The van der Waals surface area contributed by atoms with Gasteiger partial charge in [-0.1, -0.05) is 41.2 Å². The Morgan fingerprint density at radius 3 is 2.66 bits per heavy atom. The average molecular weight is 407 g/mol. The highest BCUT2D eigenvalue weighted by atomic mass is 32.1. The second-order valence-corrected chi connectivity index (χ2v) is 8.17. The zero-order valence-electron chi connectivity index (χ0n) is 16.1. The van der Waals surface area contributed by atoms with Crippen LogP contribution in [0.1, 0.15) is 35.4 Å². The van der Waals surface area contributed by atoms with Crippen molar-refractivity contribution in [1.82, 2.24) is 14.6 Å². The third kappa shape index (κ3) is 3.40. The van der Waals surface area contributed by atoms with Crippen LogP contribution in [0.25, 0.3) is 16.2 Å². The maximum Gasteiger partial charge on any atom is 0.292 e. The summed E-state index contributed by atoms with van der Waals surface area (Å²) in [6, 6.07) is 11.4. The summed E-state index contributed by atoms with van der Waals surface area (Å²) in [7, 11) is 0. The zero-order valence-corrected chi connectivity index (χ0v) is 16.9. The van der Waals surface area contributed by atoms with E-state index in [1.54, 1.807) is 28.0 Å². The molecular weight excluding hydrogens is 386 g/mol. The van der Waals surface area contributed by atoms with Crippen LogP contribution in [0.3, 0.4) is 0 Å². The van der Waals surface area contributed by atoms with Gasteiger partial charge in [0.05, 0.1) is 6.26 Å². The van der Waals surface area contributed by atoms with Gasteiger partial charge in [0, 0.05) is 18.7 Å². The van der Waals surface area contributed by atoms with Crippen molar-refractivity contribution in [3.05, 3.63) is 54.0 Å². The van der Waals surface area contributed by atoms with Crippen LogP contribution >= 0.6 is 11.3 Å². The quantitative estimate of drug-likeness (QED) is 0.535. The van der Waals surface area contributed by atoms with E-state index in [-0.39, 0.29) is 11.7 Å². The topological polar surface area (TPSA) is 75.7 Å². The maximum absolute atomic E-state index is 12.7. The molecule has 1 amide bonds. The van der Waals surface area contributed by atoms with Crippen molar-refractivity contribution < 1.29 is 9.21 Å². The molecule has 1 aliphatic heterocycles. The minimum Gasteiger partial charge on any atom is -0.459 e. The van der Waals surface area contributed by atoms with E-state index < -0.39 is 0 Å². The molecule has 0 saturated carbocycles. The van der Waals surface area contributed by atoms with Crippen molar-refractivity contribution in [2.24, 2.45) is 0 Å². The van der Waals surface area contributed by atoms with Crippen molar-refractivity contribution in [1.29, 1.82) is 0 Å². The van der Waals surface area contributed by atoms with E-state index in [9.17, 15) is 4.79 Å². The number of imidazole rings is 1. The van der Waals surface area contributed by atoms with E-state index in [1.807, 2.05) is 31.2 Å². The summed E-state index contributed by atoms with van der Waals surface area (Å²) in [5.74, 6) is 0.490. The van der Waals surface area contributed by atoms with Crippen LogP contribution in [-0.4, -0.2) is 33.6 Å². The van der Waals surface area contributed by atoms with Crippen LogP contribution in [0.2, 0.25) is 0 Å². The normalized spacial score (nSPS) is 14.4. The molecule has 29 heavy (non-hydrogen) atoms. The van der Waals surface area contributed by atoms with Crippen LogP contribution in [0.4, 0.5) is 10.9 Å². The van der Waals surface area contributed by atoms with Crippen molar-refractivity contribution in [2.75, 3.05) is 23.3 Å². The lowest BCUT2D eigenvalue weighted by molar-refractivity contribution is 0.0996. The van der Waals surface area contributed by atoms with Crippen LogP contribution < -0.4 is 10.2 Å². The highest BCUT2D eigenvalue weighted by Crippen LogP contribution is 2.34. The lowest BCUT2D eigenvalue weighted by atomic mass is 10.1. The van der Waals surface area contributed by atoms with Gasteiger partial charge in [-0.2, -0.15) is 4.52 Å². The highest BCUT2D eigenvalue weighted by Gasteiger charge is 2.23. The summed E-state index contributed by atoms with van der Waals surface area (Å²) < 4.78 is 6.99. The molecule has 0 aliphatic carbocycles. The van der Waals surface area contributed by atoms with Crippen LogP contribution in [0.5, 0.6) is 0 Å². The molecule has 1 saturated heterocycles. The predicted octanol–water partition coefficient (Wildman–Crippen LogP) is 4.60. The highest BCUT2D eigenvalue weighted by molar-refractivity contribution is 7.20. The van der Waals surface area contributed by atoms with Crippen molar-refractivity contribution in [2.45, 2.75) is 26.2 Å². The van der Waals surface area contributed by atoms with Gasteiger partial charge in [-0.05, 0) is 38.3 Å². The van der Waals surface area contributed by atoms with Crippen LogP contribution in [-0.2, 0) is 0 Å². The molecule has 0 radical (unpaired) electrons. The molecule has 1 aliphatic rings. The fraction of sp³-hybridized carbons (Fsp3) is 0.286. The van der Waals surface area contributed by atoms with E-state index >= 15 is 0 Å². The van der Waals surface area contributed by atoms with Gasteiger partial charge in [-0.15, -0.1) is 5.10 Å². The Kier molecular flexibility index (Phi) is 4.55. The first kappa shape index (κ1) is 17.9. The summed E-state index contributed by atoms with van der Waals surface area (Å²) in [6.45, 7) is 4.06. The smallest absolute Gasteiger partial charge is 0.292 e. The van der Waals surface area contributed by atoms with Gasteiger partial charge in [0.15, 0.2) is 11.6 Å². The number of hydrogen-bond donors (Lipinski definition) is 1. The first-order valence-electron chi connectivity index (χ1n) is 9.75. The zero-order chi connectivity index (χ0) is 19.8. The first-order valence-corrected chi connectivity index (χ1v) is 10.6. The van der Waals surface area contributed by atoms with Gasteiger partial charge in [0.2, 0.25) is 10.1 Å². The fourth-order valence-electron chi connectivity index (χ4n) is 3.55. The molecule has 0 atom stereocenters. The Morgan fingerprint density at radius 1 is 1.14 bits per heavy atom. The number of nitrogens with one attached hydrogen (secondary N) is 1. The number of amides is 1. The summed E-state index contributed by atoms with van der Waals surface area (Å²) in [4.78, 5) is 20.5. The van der Waals surface area contributed by atoms with E-state index in [0.29, 0.717) is 11.5 Å². The number of carbonyl (C=O) groups excluding carboxylic acids is 1. The van der Waals surface area contributed by atoms with Gasteiger partial charge in [0.1, 0.15) is 5.69 Å². The van der Waals surface area contributed by atoms with Crippen LogP contribution in [0.15, 0.2) is 47.1 Å². The molecule has 4 aromatic rings. The molecule has 1 N–H and O–H groups in total. The number of furan rings is 1. The van der Waals surface area contributed by atoms with E-state index in [4.69, 9.17) is 14.5 Å². The summed E-state index contributed by atoms with van der Waals surface area (Å²) >= 11 is 1.55. The molecule has 1 aromatic carbocycles. The molecule has 7 nitrogen and oxygen atoms in total.